The molecule has 0 aliphatic carbocycles. The maximum atomic E-state index is 12.5. The Kier molecular flexibility index (Phi) is 6.25. The van der Waals surface area contributed by atoms with Gasteiger partial charge in [0.2, 0.25) is 16.8 Å². The van der Waals surface area contributed by atoms with Crippen molar-refractivity contribution in [2.45, 2.75) is 13.1 Å². The zero-order valence-corrected chi connectivity index (χ0v) is 18.8. The van der Waals surface area contributed by atoms with Crippen molar-refractivity contribution in [3.05, 3.63) is 88.4 Å². The van der Waals surface area contributed by atoms with E-state index in [1.807, 2.05) is 18.2 Å². The number of sulfonamides is 1. The van der Waals surface area contributed by atoms with Crippen LogP contribution in [0.2, 0.25) is 5.02 Å². The number of carbonyl (C=O) groups is 1. The van der Waals surface area contributed by atoms with Crippen LogP contribution in [0.4, 0.5) is 5.69 Å². The number of hydrogen-bond donors (Lipinski definition) is 1. The van der Waals surface area contributed by atoms with E-state index in [9.17, 15) is 13.2 Å². The second-order valence-electron chi connectivity index (χ2n) is 7.32. The van der Waals surface area contributed by atoms with Gasteiger partial charge in [0.05, 0.1) is 18.5 Å². The van der Waals surface area contributed by atoms with Gasteiger partial charge in [0.1, 0.15) is 0 Å². The van der Waals surface area contributed by atoms with Gasteiger partial charge in [-0.25, -0.2) is 8.42 Å². The number of ether oxygens (including phenoxy) is 2. The summed E-state index contributed by atoms with van der Waals surface area (Å²) in [5.74, 6) is 1.12. The number of nitrogens with zero attached hydrogens (tertiary/aromatic N) is 1. The number of benzene rings is 3. The van der Waals surface area contributed by atoms with Crippen LogP contribution >= 0.6 is 11.6 Å². The third-order valence-corrected chi connectivity index (χ3v) is 6.30. The zero-order valence-electron chi connectivity index (χ0n) is 17.2. The predicted octanol–water partition coefficient (Wildman–Crippen LogP) is 3.96. The maximum Gasteiger partial charge on any atom is 0.251 e. The first-order valence-corrected chi connectivity index (χ1v) is 12.0. The van der Waals surface area contributed by atoms with E-state index < -0.39 is 10.0 Å². The lowest BCUT2D eigenvalue weighted by Crippen LogP contribution is -2.29. The van der Waals surface area contributed by atoms with E-state index in [1.54, 1.807) is 48.5 Å². The van der Waals surface area contributed by atoms with Crippen LogP contribution in [0, 0.1) is 0 Å². The fourth-order valence-corrected chi connectivity index (χ4v) is 4.36. The van der Waals surface area contributed by atoms with E-state index in [2.05, 4.69) is 5.32 Å². The van der Waals surface area contributed by atoms with Gasteiger partial charge < -0.3 is 14.8 Å². The molecular weight excluding hydrogens is 452 g/mol. The summed E-state index contributed by atoms with van der Waals surface area (Å²) in [6.45, 7) is 0.664. The number of carbonyl (C=O) groups excluding carboxylic acids is 1. The summed E-state index contributed by atoms with van der Waals surface area (Å²) in [6.07, 6.45) is 1.14. The first kappa shape index (κ1) is 22.0. The molecule has 32 heavy (non-hydrogen) atoms. The van der Waals surface area contributed by atoms with Crippen molar-refractivity contribution in [1.82, 2.24) is 5.32 Å². The molecule has 0 bridgehead atoms. The lowest BCUT2D eigenvalue weighted by molar-refractivity contribution is 0.0951. The molecule has 0 atom stereocenters. The van der Waals surface area contributed by atoms with Crippen molar-refractivity contribution in [3.63, 3.8) is 0 Å². The van der Waals surface area contributed by atoms with E-state index in [0.717, 1.165) is 17.4 Å². The Morgan fingerprint density at radius 1 is 1.00 bits per heavy atom. The molecule has 0 aromatic heterocycles. The van der Waals surface area contributed by atoms with Gasteiger partial charge in [0, 0.05) is 17.1 Å². The van der Waals surface area contributed by atoms with Crippen molar-refractivity contribution in [2.24, 2.45) is 0 Å². The standard InChI is InChI=1S/C23H21ClN2O5S/c1-32(28,29)26(20-4-2-3-19(24)12-20)14-16-5-8-18(9-6-16)23(27)25-13-17-7-10-21-22(11-17)31-15-30-21/h2-12H,13-15H2,1H3,(H,25,27). The quantitative estimate of drug-likeness (QED) is 0.562. The molecular formula is C23H21ClN2O5S. The minimum absolute atomic E-state index is 0.123. The number of amides is 1. The Labute approximate surface area is 191 Å². The molecule has 0 fully saturated rings. The third kappa shape index (κ3) is 5.15. The maximum absolute atomic E-state index is 12.5. The SMILES string of the molecule is CS(=O)(=O)N(Cc1ccc(C(=O)NCc2ccc3c(c2)OCO3)cc1)c1cccc(Cl)c1. The predicted molar refractivity (Wildman–Crippen MR) is 123 cm³/mol. The van der Waals surface area contributed by atoms with Crippen molar-refractivity contribution in [1.29, 1.82) is 0 Å². The molecule has 1 heterocycles. The van der Waals surface area contributed by atoms with E-state index in [1.165, 1.54) is 4.31 Å². The number of fused-ring (bicyclic) bond motifs is 1. The van der Waals surface area contributed by atoms with E-state index in [4.69, 9.17) is 21.1 Å². The third-order valence-electron chi connectivity index (χ3n) is 4.93. The number of halogens is 1. The molecule has 9 heteroatoms. The molecule has 4 rings (SSSR count). The summed E-state index contributed by atoms with van der Waals surface area (Å²) >= 11 is 6.02. The fourth-order valence-electron chi connectivity index (χ4n) is 3.29. The normalized spacial score (nSPS) is 12.4. The molecule has 1 N–H and O–H groups in total. The first-order chi connectivity index (χ1) is 15.3. The zero-order chi connectivity index (χ0) is 22.7. The van der Waals surface area contributed by atoms with Gasteiger partial charge >= 0.3 is 0 Å². The average molecular weight is 473 g/mol. The highest BCUT2D eigenvalue weighted by Gasteiger charge is 2.19. The molecule has 3 aromatic rings. The Hall–Kier alpha value is -3.23. The second-order valence-corrected chi connectivity index (χ2v) is 9.66. The molecule has 1 amide bonds. The Morgan fingerprint density at radius 3 is 2.44 bits per heavy atom. The average Bonchev–Trinajstić information content (AvgIpc) is 3.23. The Bertz CT molecular complexity index is 1250. The summed E-state index contributed by atoms with van der Waals surface area (Å²) in [5, 5.41) is 3.32. The second kappa shape index (κ2) is 9.10. The van der Waals surface area contributed by atoms with E-state index >= 15 is 0 Å². The van der Waals surface area contributed by atoms with Crippen LogP contribution in [0.1, 0.15) is 21.5 Å². The number of rotatable bonds is 7. The molecule has 0 unspecified atom stereocenters. The van der Waals surface area contributed by atoms with Gasteiger partial charge in [0.25, 0.3) is 5.91 Å². The van der Waals surface area contributed by atoms with Gasteiger partial charge in [-0.3, -0.25) is 9.10 Å². The molecule has 0 saturated carbocycles. The molecule has 1 aliphatic heterocycles. The lowest BCUT2D eigenvalue weighted by atomic mass is 10.1. The minimum atomic E-state index is -3.53. The molecule has 1 aliphatic rings. The molecule has 0 saturated heterocycles. The summed E-state index contributed by atoms with van der Waals surface area (Å²) in [7, 11) is -3.53. The van der Waals surface area contributed by atoms with E-state index in [-0.39, 0.29) is 19.2 Å². The van der Waals surface area contributed by atoms with Crippen LogP contribution in [0.3, 0.4) is 0 Å². The number of hydrogen-bond acceptors (Lipinski definition) is 5. The topological polar surface area (TPSA) is 84.9 Å². The smallest absolute Gasteiger partial charge is 0.251 e. The molecule has 0 spiro atoms. The lowest BCUT2D eigenvalue weighted by Gasteiger charge is -2.22. The summed E-state index contributed by atoms with van der Waals surface area (Å²) < 4.78 is 36.5. The highest BCUT2D eigenvalue weighted by molar-refractivity contribution is 7.92. The van der Waals surface area contributed by atoms with Crippen LogP contribution in [0.15, 0.2) is 66.7 Å². The monoisotopic (exact) mass is 472 g/mol. The van der Waals surface area contributed by atoms with Crippen molar-refractivity contribution in [2.75, 3.05) is 17.4 Å². The molecule has 166 valence electrons. The van der Waals surface area contributed by atoms with Gasteiger partial charge in [-0.15, -0.1) is 0 Å². The first-order valence-electron chi connectivity index (χ1n) is 9.78. The highest BCUT2D eigenvalue weighted by atomic mass is 35.5. The van der Waals surface area contributed by atoms with Crippen LogP contribution in [-0.4, -0.2) is 27.4 Å². The van der Waals surface area contributed by atoms with Crippen molar-refractivity contribution >= 4 is 33.2 Å². The van der Waals surface area contributed by atoms with Gasteiger partial charge in [-0.2, -0.15) is 0 Å². The summed E-state index contributed by atoms with van der Waals surface area (Å²) in [5.41, 5.74) is 2.58. The Morgan fingerprint density at radius 2 is 1.72 bits per heavy atom. The minimum Gasteiger partial charge on any atom is -0.454 e. The summed E-state index contributed by atoms with van der Waals surface area (Å²) in [4.78, 5) is 12.5. The van der Waals surface area contributed by atoms with Crippen LogP contribution < -0.4 is 19.1 Å². The molecule has 0 radical (unpaired) electrons. The largest absolute Gasteiger partial charge is 0.454 e. The van der Waals surface area contributed by atoms with Crippen molar-refractivity contribution < 1.29 is 22.7 Å². The highest BCUT2D eigenvalue weighted by Crippen LogP contribution is 2.32. The van der Waals surface area contributed by atoms with Crippen LogP contribution in [0.25, 0.3) is 0 Å². The number of anilines is 1. The number of nitrogens with one attached hydrogen (secondary N) is 1. The van der Waals surface area contributed by atoms with Gasteiger partial charge in [0.15, 0.2) is 11.5 Å². The molecule has 7 nitrogen and oxygen atoms in total. The van der Waals surface area contributed by atoms with Gasteiger partial charge in [-0.1, -0.05) is 35.9 Å². The van der Waals surface area contributed by atoms with Crippen LogP contribution in [-0.2, 0) is 23.1 Å². The van der Waals surface area contributed by atoms with Crippen LogP contribution in [0.5, 0.6) is 11.5 Å². The molecule has 3 aromatic carbocycles. The Balaban J connectivity index is 1.42. The fraction of sp³-hybridized carbons (Fsp3) is 0.174. The van der Waals surface area contributed by atoms with Gasteiger partial charge in [-0.05, 0) is 53.6 Å². The summed E-state index contributed by atoms with van der Waals surface area (Å²) in [6, 6.07) is 19.0. The van der Waals surface area contributed by atoms with E-state index in [0.29, 0.717) is 34.3 Å². The van der Waals surface area contributed by atoms with Crippen molar-refractivity contribution in [3.8, 4) is 11.5 Å².